The highest BCUT2D eigenvalue weighted by Gasteiger charge is 2.22. The van der Waals surface area contributed by atoms with Gasteiger partial charge < -0.3 is 14.5 Å². The van der Waals surface area contributed by atoms with Gasteiger partial charge in [-0.05, 0) is 55.0 Å². The Morgan fingerprint density at radius 2 is 1.90 bits per heavy atom. The second-order valence-corrected chi connectivity index (χ2v) is 6.26. The molecule has 0 radical (unpaired) electrons. The fourth-order valence-electron chi connectivity index (χ4n) is 2.19. The molecule has 0 saturated carbocycles. The predicted octanol–water partition coefficient (Wildman–Crippen LogP) is 2.62. The van der Waals surface area contributed by atoms with E-state index in [1.54, 1.807) is 0 Å². The lowest BCUT2D eigenvalue weighted by Crippen LogP contribution is -2.47. The first-order chi connectivity index (χ1) is 9.47. The van der Waals surface area contributed by atoms with Crippen molar-refractivity contribution in [3.05, 3.63) is 28.2 Å². The number of benzene rings is 1. The molecule has 0 bridgehead atoms. The zero-order valence-electron chi connectivity index (χ0n) is 12.2. The maximum absolute atomic E-state index is 12.6. The molecule has 5 heteroatoms. The third-order valence-corrected chi connectivity index (χ3v) is 4.02. The quantitative estimate of drug-likeness (QED) is 0.847. The van der Waals surface area contributed by atoms with Gasteiger partial charge in [-0.2, -0.15) is 0 Å². The molecular formula is C15H21BrN2O2. The minimum Gasteiger partial charge on any atom is -0.491 e. The summed E-state index contributed by atoms with van der Waals surface area (Å²) in [7, 11) is 2.08. The monoisotopic (exact) mass is 340 g/mol. The molecule has 1 fully saturated rings. The number of likely N-dealkylation sites (N-methyl/N-ethyl adjacent to an activating group) is 1. The van der Waals surface area contributed by atoms with Crippen LogP contribution in [0.3, 0.4) is 0 Å². The predicted molar refractivity (Wildman–Crippen MR) is 83.3 cm³/mol. The zero-order valence-corrected chi connectivity index (χ0v) is 13.8. The van der Waals surface area contributed by atoms with Crippen molar-refractivity contribution < 1.29 is 9.53 Å². The van der Waals surface area contributed by atoms with E-state index in [9.17, 15) is 4.79 Å². The molecule has 0 aliphatic carbocycles. The van der Waals surface area contributed by atoms with E-state index in [1.807, 2.05) is 36.9 Å². The van der Waals surface area contributed by atoms with Crippen LogP contribution >= 0.6 is 15.9 Å². The van der Waals surface area contributed by atoms with Crippen LogP contribution in [0.5, 0.6) is 5.75 Å². The van der Waals surface area contributed by atoms with Crippen molar-refractivity contribution in [2.75, 3.05) is 33.2 Å². The third kappa shape index (κ3) is 3.73. The van der Waals surface area contributed by atoms with Crippen molar-refractivity contribution in [2.24, 2.45) is 0 Å². The van der Waals surface area contributed by atoms with Gasteiger partial charge in [-0.25, -0.2) is 0 Å². The Balaban J connectivity index is 2.16. The summed E-state index contributed by atoms with van der Waals surface area (Å²) >= 11 is 3.46. The molecule has 1 aliphatic rings. The Kier molecular flexibility index (Phi) is 5.05. The normalized spacial score (nSPS) is 16.6. The molecule has 0 N–H and O–H groups in total. The van der Waals surface area contributed by atoms with Crippen molar-refractivity contribution >= 4 is 21.8 Å². The Morgan fingerprint density at radius 3 is 2.50 bits per heavy atom. The maximum Gasteiger partial charge on any atom is 0.255 e. The van der Waals surface area contributed by atoms with Crippen LogP contribution in [0.1, 0.15) is 24.2 Å². The summed E-state index contributed by atoms with van der Waals surface area (Å²) in [5.74, 6) is 0.805. The summed E-state index contributed by atoms with van der Waals surface area (Å²) in [4.78, 5) is 16.7. The molecule has 0 aromatic heterocycles. The van der Waals surface area contributed by atoms with E-state index >= 15 is 0 Å². The van der Waals surface area contributed by atoms with Crippen LogP contribution in [0, 0.1) is 0 Å². The van der Waals surface area contributed by atoms with E-state index in [0.29, 0.717) is 5.56 Å². The molecule has 0 unspecified atom stereocenters. The highest BCUT2D eigenvalue weighted by Crippen LogP contribution is 2.25. The Morgan fingerprint density at radius 1 is 1.25 bits per heavy atom. The van der Waals surface area contributed by atoms with E-state index in [1.165, 1.54) is 0 Å². The van der Waals surface area contributed by atoms with Crippen molar-refractivity contribution in [2.45, 2.75) is 20.0 Å². The fraction of sp³-hybridized carbons (Fsp3) is 0.533. The first-order valence-corrected chi connectivity index (χ1v) is 7.70. The number of carbonyl (C=O) groups is 1. The van der Waals surface area contributed by atoms with Crippen LogP contribution in [0.25, 0.3) is 0 Å². The molecule has 1 saturated heterocycles. The molecule has 1 amide bonds. The smallest absolute Gasteiger partial charge is 0.255 e. The molecule has 110 valence electrons. The van der Waals surface area contributed by atoms with Gasteiger partial charge in [0, 0.05) is 30.7 Å². The molecule has 1 aliphatic heterocycles. The minimum absolute atomic E-state index is 0.0687. The van der Waals surface area contributed by atoms with Crippen LogP contribution in [0.15, 0.2) is 22.7 Å². The van der Waals surface area contributed by atoms with E-state index in [0.717, 1.165) is 36.4 Å². The van der Waals surface area contributed by atoms with Gasteiger partial charge in [0.15, 0.2) is 0 Å². The molecule has 1 aromatic carbocycles. The number of carbonyl (C=O) groups excluding carboxylic acids is 1. The molecule has 4 nitrogen and oxygen atoms in total. The highest BCUT2D eigenvalue weighted by molar-refractivity contribution is 9.10. The first kappa shape index (κ1) is 15.3. The number of rotatable bonds is 3. The topological polar surface area (TPSA) is 32.8 Å². The largest absolute Gasteiger partial charge is 0.491 e. The van der Waals surface area contributed by atoms with Gasteiger partial charge in [0.2, 0.25) is 0 Å². The SMILES string of the molecule is CC(C)Oc1ccc(Br)c(C(=O)N2CCN(C)CC2)c1. The highest BCUT2D eigenvalue weighted by atomic mass is 79.9. The molecule has 1 heterocycles. The average Bonchev–Trinajstić information content (AvgIpc) is 2.40. The summed E-state index contributed by atoms with van der Waals surface area (Å²) < 4.78 is 6.48. The lowest BCUT2D eigenvalue weighted by molar-refractivity contribution is 0.0662. The molecular weight excluding hydrogens is 320 g/mol. The Hall–Kier alpha value is -1.07. The number of nitrogens with zero attached hydrogens (tertiary/aromatic N) is 2. The van der Waals surface area contributed by atoms with Crippen LogP contribution in [0.2, 0.25) is 0 Å². The van der Waals surface area contributed by atoms with Crippen molar-refractivity contribution in [1.82, 2.24) is 9.80 Å². The summed E-state index contributed by atoms with van der Waals surface area (Å²) in [6, 6.07) is 5.58. The zero-order chi connectivity index (χ0) is 14.7. The molecule has 1 aromatic rings. The number of piperazine rings is 1. The second kappa shape index (κ2) is 6.59. The Labute approximate surface area is 128 Å². The number of halogens is 1. The van der Waals surface area contributed by atoms with Crippen LogP contribution < -0.4 is 4.74 Å². The molecule has 0 atom stereocenters. The number of hydrogen-bond donors (Lipinski definition) is 0. The van der Waals surface area contributed by atoms with Crippen LogP contribution in [-0.2, 0) is 0 Å². The van der Waals surface area contributed by atoms with Gasteiger partial charge in [-0.3, -0.25) is 4.79 Å². The van der Waals surface area contributed by atoms with Gasteiger partial charge in [0.25, 0.3) is 5.91 Å². The van der Waals surface area contributed by atoms with Gasteiger partial charge in [0.1, 0.15) is 5.75 Å². The standard InChI is InChI=1S/C15H21BrN2O2/c1-11(2)20-12-4-5-14(16)13(10-12)15(19)18-8-6-17(3)7-9-18/h4-5,10-11H,6-9H2,1-3H3. The minimum atomic E-state index is 0.0687. The van der Waals surface area contributed by atoms with Gasteiger partial charge in [-0.15, -0.1) is 0 Å². The third-order valence-electron chi connectivity index (χ3n) is 3.33. The van der Waals surface area contributed by atoms with Crippen molar-refractivity contribution in [1.29, 1.82) is 0 Å². The summed E-state index contributed by atoms with van der Waals surface area (Å²) in [5, 5.41) is 0. The molecule has 0 spiro atoms. The maximum atomic E-state index is 12.6. The van der Waals surface area contributed by atoms with Crippen molar-refractivity contribution in [3.8, 4) is 5.75 Å². The average molecular weight is 341 g/mol. The molecule has 2 rings (SSSR count). The van der Waals surface area contributed by atoms with E-state index in [-0.39, 0.29) is 12.0 Å². The second-order valence-electron chi connectivity index (χ2n) is 5.40. The van der Waals surface area contributed by atoms with Crippen LogP contribution in [-0.4, -0.2) is 55.0 Å². The fourth-order valence-corrected chi connectivity index (χ4v) is 2.61. The van der Waals surface area contributed by atoms with Crippen LogP contribution in [0.4, 0.5) is 0 Å². The van der Waals surface area contributed by atoms with E-state index in [4.69, 9.17) is 4.74 Å². The van der Waals surface area contributed by atoms with Gasteiger partial charge in [-0.1, -0.05) is 0 Å². The van der Waals surface area contributed by atoms with E-state index in [2.05, 4.69) is 27.9 Å². The number of ether oxygens (including phenoxy) is 1. The van der Waals surface area contributed by atoms with E-state index < -0.39 is 0 Å². The molecule has 20 heavy (non-hydrogen) atoms. The van der Waals surface area contributed by atoms with Gasteiger partial charge in [0.05, 0.1) is 11.7 Å². The number of hydrogen-bond acceptors (Lipinski definition) is 3. The van der Waals surface area contributed by atoms with Gasteiger partial charge >= 0.3 is 0 Å². The Bertz CT molecular complexity index is 483. The van der Waals surface area contributed by atoms with Crippen molar-refractivity contribution in [3.63, 3.8) is 0 Å². The first-order valence-electron chi connectivity index (χ1n) is 6.91. The summed E-state index contributed by atoms with van der Waals surface area (Å²) in [6.45, 7) is 7.35. The number of amides is 1. The summed E-state index contributed by atoms with van der Waals surface area (Å²) in [6.07, 6.45) is 0.0998. The lowest BCUT2D eigenvalue weighted by atomic mass is 10.1. The summed E-state index contributed by atoms with van der Waals surface area (Å²) in [5.41, 5.74) is 0.674. The lowest BCUT2D eigenvalue weighted by Gasteiger charge is -2.32.